The van der Waals surface area contributed by atoms with E-state index in [2.05, 4.69) is 4.98 Å². The fourth-order valence-corrected chi connectivity index (χ4v) is 2.11. The van der Waals surface area contributed by atoms with Crippen LogP contribution in [0.4, 0.5) is 0 Å². The summed E-state index contributed by atoms with van der Waals surface area (Å²) >= 11 is 7.46. The van der Waals surface area contributed by atoms with E-state index in [4.69, 9.17) is 11.6 Å². The number of halogens is 1. The predicted molar refractivity (Wildman–Crippen MR) is 59.8 cm³/mol. The van der Waals surface area contributed by atoms with Gasteiger partial charge in [-0.2, -0.15) is 0 Å². The molecule has 0 saturated carbocycles. The molecule has 0 spiro atoms. The molecule has 0 atom stereocenters. The van der Waals surface area contributed by atoms with Crippen LogP contribution in [0.2, 0.25) is 5.02 Å². The number of nitrogens with zero attached hydrogens (tertiary/aromatic N) is 1. The lowest BCUT2D eigenvalue weighted by molar-refractivity contribution is 1.13. The van der Waals surface area contributed by atoms with E-state index in [0.29, 0.717) is 0 Å². The Labute approximate surface area is 92.1 Å². The maximum absolute atomic E-state index is 5.86. The molecule has 0 N–H and O–H groups in total. The van der Waals surface area contributed by atoms with Crippen molar-refractivity contribution >= 4 is 23.4 Å². The van der Waals surface area contributed by atoms with Gasteiger partial charge in [-0.1, -0.05) is 41.6 Å². The first-order chi connectivity index (χ1) is 6.84. The maximum Gasteiger partial charge on any atom is 0.102 e. The van der Waals surface area contributed by atoms with Crippen LogP contribution in [0.1, 0.15) is 0 Å². The monoisotopic (exact) mass is 221 g/mol. The average Bonchev–Trinajstić information content (AvgIpc) is 2.19. The van der Waals surface area contributed by atoms with Gasteiger partial charge in [-0.05, 0) is 24.3 Å². The molecular weight excluding hydrogens is 214 g/mol. The van der Waals surface area contributed by atoms with Gasteiger partial charge in [0.25, 0.3) is 0 Å². The molecular formula is C11H8ClNS. The maximum atomic E-state index is 5.86. The Hall–Kier alpha value is -0.990. The summed E-state index contributed by atoms with van der Waals surface area (Å²) in [6.45, 7) is 0. The second kappa shape index (κ2) is 4.49. The number of hydrogen-bond donors (Lipinski definition) is 0. The molecule has 3 heteroatoms. The van der Waals surface area contributed by atoms with E-state index in [1.165, 1.54) is 4.90 Å². The molecule has 2 rings (SSSR count). The number of hydrogen-bond acceptors (Lipinski definition) is 2. The van der Waals surface area contributed by atoms with E-state index in [1.807, 2.05) is 36.4 Å². The van der Waals surface area contributed by atoms with Crippen molar-refractivity contribution in [3.8, 4) is 0 Å². The predicted octanol–water partition coefficient (Wildman–Crippen LogP) is 3.89. The largest absolute Gasteiger partial charge is 0.249 e. The van der Waals surface area contributed by atoms with Crippen LogP contribution in [-0.2, 0) is 0 Å². The Morgan fingerprint density at radius 1 is 1.07 bits per heavy atom. The molecule has 0 unspecified atom stereocenters. The molecule has 0 amide bonds. The highest BCUT2D eigenvalue weighted by Gasteiger charge is 1.97. The summed E-state index contributed by atoms with van der Waals surface area (Å²) in [5.74, 6) is 0. The minimum atomic E-state index is 0.721. The topological polar surface area (TPSA) is 12.9 Å². The number of benzene rings is 1. The van der Waals surface area contributed by atoms with Gasteiger partial charge in [-0.15, -0.1) is 0 Å². The van der Waals surface area contributed by atoms with E-state index < -0.39 is 0 Å². The summed E-state index contributed by atoms with van der Waals surface area (Å²) in [4.78, 5) is 5.38. The lowest BCUT2D eigenvalue weighted by atomic mass is 10.4. The smallest absolute Gasteiger partial charge is 0.102 e. The molecule has 1 aromatic carbocycles. The van der Waals surface area contributed by atoms with Gasteiger partial charge in [0.05, 0.1) is 0 Å². The van der Waals surface area contributed by atoms with Crippen molar-refractivity contribution in [1.82, 2.24) is 4.98 Å². The first-order valence-electron chi connectivity index (χ1n) is 4.19. The second-order valence-corrected chi connectivity index (χ2v) is 4.26. The van der Waals surface area contributed by atoms with Crippen LogP contribution < -0.4 is 0 Å². The van der Waals surface area contributed by atoms with Gasteiger partial charge in [-0.25, -0.2) is 4.98 Å². The summed E-state index contributed by atoms with van der Waals surface area (Å²) in [6.07, 6.45) is 1.72. The van der Waals surface area contributed by atoms with E-state index >= 15 is 0 Å². The molecule has 1 heterocycles. The van der Waals surface area contributed by atoms with Crippen molar-refractivity contribution in [2.45, 2.75) is 9.92 Å². The normalized spacial score (nSPS) is 10.1. The Morgan fingerprint density at radius 2 is 1.86 bits per heavy atom. The highest BCUT2D eigenvalue weighted by molar-refractivity contribution is 7.99. The Bertz CT molecular complexity index is 417. The lowest BCUT2D eigenvalue weighted by Crippen LogP contribution is -1.78. The Balaban J connectivity index is 2.19. The number of pyridine rings is 1. The van der Waals surface area contributed by atoms with Crippen molar-refractivity contribution in [3.63, 3.8) is 0 Å². The van der Waals surface area contributed by atoms with Crippen molar-refractivity contribution < 1.29 is 0 Å². The summed E-state index contributed by atoms with van der Waals surface area (Å²) in [6, 6.07) is 13.7. The molecule has 0 fully saturated rings. The molecule has 0 aliphatic heterocycles. The quantitative estimate of drug-likeness (QED) is 0.763. The third-order valence-electron chi connectivity index (χ3n) is 1.66. The molecule has 0 bridgehead atoms. The van der Waals surface area contributed by atoms with Gasteiger partial charge in [-0.3, -0.25) is 0 Å². The second-order valence-electron chi connectivity index (χ2n) is 2.73. The molecule has 2 aromatic rings. The molecule has 70 valence electrons. The minimum Gasteiger partial charge on any atom is -0.249 e. The van der Waals surface area contributed by atoms with Crippen molar-refractivity contribution in [2.24, 2.45) is 0 Å². The van der Waals surface area contributed by atoms with Crippen molar-refractivity contribution in [1.29, 1.82) is 0 Å². The summed E-state index contributed by atoms with van der Waals surface area (Å²) in [5.41, 5.74) is 0. The van der Waals surface area contributed by atoms with Crippen LogP contribution in [0.15, 0.2) is 58.6 Å². The molecule has 1 aromatic heterocycles. The SMILES string of the molecule is Clc1ccnc(Sc2ccccc2)c1. The third-order valence-corrected chi connectivity index (χ3v) is 2.84. The zero-order valence-corrected chi connectivity index (χ0v) is 8.92. The van der Waals surface area contributed by atoms with Crippen LogP contribution in [0, 0.1) is 0 Å². The van der Waals surface area contributed by atoms with Crippen molar-refractivity contribution in [2.75, 3.05) is 0 Å². The average molecular weight is 222 g/mol. The van der Waals surface area contributed by atoms with E-state index in [0.717, 1.165) is 10.0 Å². The van der Waals surface area contributed by atoms with Gasteiger partial charge < -0.3 is 0 Å². The summed E-state index contributed by atoms with van der Waals surface area (Å²) in [5, 5.41) is 1.64. The number of rotatable bonds is 2. The minimum absolute atomic E-state index is 0.721. The van der Waals surface area contributed by atoms with Gasteiger partial charge in [0.15, 0.2) is 0 Å². The molecule has 0 radical (unpaired) electrons. The molecule has 0 aliphatic rings. The fourth-order valence-electron chi connectivity index (χ4n) is 1.05. The summed E-state index contributed by atoms with van der Waals surface area (Å²) < 4.78 is 0. The molecule has 14 heavy (non-hydrogen) atoms. The fraction of sp³-hybridized carbons (Fsp3) is 0. The first kappa shape index (κ1) is 9.56. The van der Waals surface area contributed by atoms with Crippen LogP contribution >= 0.6 is 23.4 Å². The van der Waals surface area contributed by atoms with Crippen molar-refractivity contribution in [3.05, 3.63) is 53.7 Å². The van der Waals surface area contributed by atoms with Gasteiger partial charge >= 0.3 is 0 Å². The lowest BCUT2D eigenvalue weighted by Gasteiger charge is -1.99. The molecule has 0 saturated heterocycles. The Kier molecular flexibility index (Phi) is 3.07. The molecule has 0 aliphatic carbocycles. The first-order valence-corrected chi connectivity index (χ1v) is 5.38. The van der Waals surface area contributed by atoms with E-state index in [9.17, 15) is 0 Å². The van der Waals surface area contributed by atoms with E-state index in [1.54, 1.807) is 24.0 Å². The highest BCUT2D eigenvalue weighted by Crippen LogP contribution is 2.26. The van der Waals surface area contributed by atoms with Crippen LogP contribution in [-0.4, -0.2) is 4.98 Å². The Morgan fingerprint density at radius 3 is 2.57 bits per heavy atom. The van der Waals surface area contributed by atoms with Crippen LogP contribution in [0.3, 0.4) is 0 Å². The van der Waals surface area contributed by atoms with Crippen LogP contribution in [0.25, 0.3) is 0 Å². The standard InChI is InChI=1S/C11H8ClNS/c12-9-6-7-13-11(8-9)14-10-4-2-1-3-5-10/h1-8H. The molecule has 1 nitrogen and oxygen atoms in total. The van der Waals surface area contributed by atoms with Gasteiger partial charge in [0.2, 0.25) is 0 Å². The zero-order chi connectivity index (χ0) is 9.80. The number of aromatic nitrogens is 1. The summed E-state index contributed by atoms with van der Waals surface area (Å²) in [7, 11) is 0. The van der Waals surface area contributed by atoms with Gasteiger partial charge in [0.1, 0.15) is 5.03 Å². The third kappa shape index (κ3) is 2.50. The highest BCUT2D eigenvalue weighted by atomic mass is 35.5. The van der Waals surface area contributed by atoms with Gasteiger partial charge in [0, 0.05) is 16.1 Å². The van der Waals surface area contributed by atoms with Crippen LogP contribution in [0.5, 0.6) is 0 Å². The van der Waals surface area contributed by atoms with E-state index in [-0.39, 0.29) is 0 Å². The zero-order valence-electron chi connectivity index (χ0n) is 7.35.